The molecule has 3 aromatic carbocycles. The first kappa shape index (κ1) is 46.9. The summed E-state index contributed by atoms with van der Waals surface area (Å²) in [6.07, 6.45) is -0.469. The van der Waals surface area contributed by atoms with E-state index >= 15 is 0 Å². The number of thiazole rings is 1. The molecule has 61 heavy (non-hydrogen) atoms. The SMILES string of the molecule is Cc1ncsc1-c1ccc(CNC(=O)[C@@H]2C[C@@H](O)CN2C(=O)[C@@H](NC(=O)CCOCCOCCOCCNC(=O)Cc2ccc(OCc3ccccc3)cc2)C(C)(C)C)cc1. The van der Waals surface area contributed by atoms with Crippen LogP contribution in [-0.4, -0.2) is 110 Å². The van der Waals surface area contributed by atoms with Crippen LogP contribution >= 0.6 is 11.3 Å². The quantitative estimate of drug-likeness (QED) is 0.0772. The van der Waals surface area contributed by atoms with Gasteiger partial charge in [0.25, 0.3) is 0 Å². The summed E-state index contributed by atoms with van der Waals surface area (Å²) in [6, 6.07) is 23.5. The highest BCUT2D eigenvalue weighted by Gasteiger charge is 2.44. The molecule has 4 amide bonds. The molecule has 1 aliphatic rings. The molecule has 0 spiro atoms. The van der Waals surface area contributed by atoms with Crippen LogP contribution in [0.2, 0.25) is 0 Å². The predicted molar refractivity (Wildman–Crippen MR) is 233 cm³/mol. The summed E-state index contributed by atoms with van der Waals surface area (Å²) in [6.45, 7) is 10.4. The van der Waals surface area contributed by atoms with Crippen LogP contribution in [0.5, 0.6) is 5.75 Å². The van der Waals surface area contributed by atoms with E-state index in [1.807, 2.05) is 112 Å². The van der Waals surface area contributed by atoms with Crippen molar-refractivity contribution in [1.29, 1.82) is 0 Å². The van der Waals surface area contributed by atoms with Crippen molar-refractivity contribution in [3.05, 3.63) is 107 Å². The number of carbonyl (C=O) groups is 4. The Morgan fingerprint density at radius 3 is 2.13 bits per heavy atom. The van der Waals surface area contributed by atoms with Crippen LogP contribution in [0.25, 0.3) is 10.4 Å². The molecule has 0 saturated carbocycles. The van der Waals surface area contributed by atoms with Gasteiger partial charge in [-0.2, -0.15) is 0 Å². The predicted octanol–water partition coefficient (Wildman–Crippen LogP) is 4.61. The molecule has 4 aromatic rings. The molecule has 0 bridgehead atoms. The maximum absolute atomic E-state index is 13.9. The zero-order chi connectivity index (χ0) is 43.6. The summed E-state index contributed by atoms with van der Waals surface area (Å²) in [4.78, 5) is 59.3. The van der Waals surface area contributed by atoms with Crippen LogP contribution in [0.15, 0.2) is 84.4 Å². The fourth-order valence-corrected chi connectivity index (χ4v) is 7.49. The average Bonchev–Trinajstić information content (AvgIpc) is 3.87. The monoisotopic (exact) mass is 857 g/mol. The van der Waals surface area contributed by atoms with Gasteiger partial charge in [-0.15, -0.1) is 11.3 Å². The number of ether oxygens (including phenoxy) is 4. The largest absolute Gasteiger partial charge is 0.489 e. The van der Waals surface area contributed by atoms with Crippen molar-refractivity contribution >= 4 is 35.0 Å². The van der Waals surface area contributed by atoms with Gasteiger partial charge in [-0.05, 0) is 46.7 Å². The van der Waals surface area contributed by atoms with Gasteiger partial charge in [-0.3, -0.25) is 19.2 Å². The molecule has 1 saturated heterocycles. The number of nitrogens with zero attached hydrogens (tertiary/aromatic N) is 2. The van der Waals surface area contributed by atoms with Crippen molar-refractivity contribution < 1.29 is 43.2 Å². The molecule has 14 nitrogen and oxygen atoms in total. The fraction of sp³-hybridized carbons (Fsp3) is 0.457. The van der Waals surface area contributed by atoms with Gasteiger partial charge in [0.15, 0.2) is 0 Å². The van der Waals surface area contributed by atoms with Crippen molar-refractivity contribution in [1.82, 2.24) is 25.8 Å². The lowest BCUT2D eigenvalue weighted by Crippen LogP contribution is -2.57. The van der Waals surface area contributed by atoms with Crippen LogP contribution in [0, 0.1) is 12.3 Å². The van der Waals surface area contributed by atoms with Crippen LogP contribution in [-0.2, 0) is 53.0 Å². The second kappa shape index (κ2) is 23.7. The van der Waals surface area contributed by atoms with Crippen LogP contribution in [0.1, 0.15) is 56.0 Å². The Kier molecular flexibility index (Phi) is 18.2. The molecule has 1 fully saturated rings. The normalized spacial score (nSPS) is 15.6. The summed E-state index contributed by atoms with van der Waals surface area (Å²) >= 11 is 1.57. The third-order valence-electron chi connectivity index (χ3n) is 10.0. The van der Waals surface area contributed by atoms with Gasteiger partial charge < -0.3 is 44.9 Å². The Morgan fingerprint density at radius 1 is 0.820 bits per heavy atom. The van der Waals surface area contributed by atoms with E-state index in [4.69, 9.17) is 18.9 Å². The number of aromatic nitrogens is 1. The smallest absolute Gasteiger partial charge is 0.246 e. The summed E-state index contributed by atoms with van der Waals surface area (Å²) < 4.78 is 22.5. The summed E-state index contributed by atoms with van der Waals surface area (Å²) in [5.74, 6) is -0.504. The first-order valence-corrected chi connectivity index (χ1v) is 21.6. The Morgan fingerprint density at radius 2 is 1.48 bits per heavy atom. The van der Waals surface area contributed by atoms with Crippen LogP contribution in [0.3, 0.4) is 0 Å². The van der Waals surface area contributed by atoms with Gasteiger partial charge in [0, 0.05) is 32.5 Å². The Balaban J connectivity index is 0.910. The fourth-order valence-electron chi connectivity index (χ4n) is 6.68. The minimum atomic E-state index is -0.927. The highest BCUT2D eigenvalue weighted by atomic mass is 32.1. The van der Waals surface area contributed by atoms with E-state index in [0.29, 0.717) is 39.6 Å². The van der Waals surface area contributed by atoms with Gasteiger partial charge in [-0.1, -0.05) is 87.5 Å². The number of carbonyl (C=O) groups excluding carboxylic acids is 4. The van der Waals surface area contributed by atoms with E-state index in [0.717, 1.165) is 38.6 Å². The van der Waals surface area contributed by atoms with Gasteiger partial charge in [0.2, 0.25) is 23.6 Å². The number of hydrogen-bond acceptors (Lipinski definition) is 11. The molecule has 15 heteroatoms. The Labute approximate surface area is 362 Å². The summed E-state index contributed by atoms with van der Waals surface area (Å²) in [5.41, 5.74) is 6.03. The number of amides is 4. The van der Waals surface area contributed by atoms with Gasteiger partial charge in [-0.25, -0.2) is 4.98 Å². The van der Waals surface area contributed by atoms with Gasteiger partial charge >= 0.3 is 0 Å². The second-order valence-electron chi connectivity index (χ2n) is 16.0. The van der Waals surface area contributed by atoms with Crippen molar-refractivity contribution in [3.8, 4) is 16.2 Å². The molecule has 2 heterocycles. The minimum Gasteiger partial charge on any atom is -0.489 e. The molecule has 1 aliphatic heterocycles. The van der Waals surface area contributed by atoms with Gasteiger partial charge in [0.1, 0.15) is 24.4 Å². The third-order valence-corrected chi connectivity index (χ3v) is 11.0. The van der Waals surface area contributed by atoms with Crippen LogP contribution < -0.4 is 20.7 Å². The number of rotatable bonds is 23. The van der Waals surface area contributed by atoms with Crippen molar-refractivity contribution in [2.75, 3.05) is 52.7 Å². The lowest BCUT2D eigenvalue weighted by Gasteiger charge is -2.35. The minimum absolute atomic E-state index is 0.00415. The van der Waals surface area contributed by atoms with Gasteiger partial charge in [0.05, 0.1) is 68.2 Å². The first-order valence-electron chi connectivity index (χ1n) is 20.7. The highest BCUT2D eigenvalue weighted by molar-refractivity contribution is 7.13. The lowest BCUT2D eigenvalue weighted by atomic mass is 9.85. The van der Waals surface area contributed by atoms with E-state index in [1.54, 1.807) is 11.3 Å². The number of benzene rings is 3. The lowest BCUT2D eigenvalue weighted by molar-refractivity contribution is -0.144. The van der Waals surface area contributed by atoms with Crippen molar-refractivity contribution in [2.45, 2.75) is 78.3 Å². The average molecular weight is 858 g/mol. The Hall–Kier alpha value is -5.19. The summed E-state index contributed by atoms with van der Waals surface area (Å²) in [5, 5.41) is 19.1. The van der Waals surface area contributed by atoms with E-state index in [1.165, 1.54) is 4.90 Å². The topological polar surface area (TPSA) is 178 Å². The molecule has 4 N–H and O–H groups in total. The number of hydrogen-bond donors (Lipinski definition) is 4. The number of aliphatic hydroxyl groups excluding tert-OH is 1. The molecule has 5 rings (SSSR count). The molecule has 0 unspecified atom stereocenters. The third kappa shape index (κ3) is 15.3. The standard InChI is InChI=1S/C46H59N5O9S/c1-32-42(61-31-49-32)36-14-10-34(11-15-36)28-48-44(55)39-27-37(52)29-51(39)45(56)43(46(2,3)4)50-40(53)18-20-57-22-24-59-25-23-58-21-19-47-41(54)26-33-12-16-38(17-13-33)60-30-35-8-6-5-7-9-35/h5-17,31,37,39,43,52H,18-30H2,1-4H3,(H,47,54)(H,48,55)(H,50,53)/t37-,39+,43-/m1/s1. The maximum atomic E-state index is 13.9. The van der Waals surface area contributed by atoms with E-state index in [-0.39, 0.29) is 63.3 Å². The zero-order valence-corrected chi connectivity index (χ0v) is 36.3. The van der Waals surface area contributed by atoms with E-state index < -0.39 is 29.5 Å². The molecule has 328 valence electrons. The second-order valence-corrected chi connectivity index (χ2v) is 16.8. The van der Waals surface area contributed by atoms with Crippen molar-refractivity contribution in [3.63, 3.8) is 0 Å². The highest BCUT2D eigenvalue weighted by Crippen LogP contribution is 2.28. The van der Waals surface area contributed by atoms with Crippen molar-refractivity contribution in [2.24, 2.45) is 5.41 Å². The van der Waals surface area contributed by atoms with E-state index in [2.05, 4.69) is 20.9 Å². The molecule has 1 aromatic heterocycles. The number of likely N-dealkylation sites (tertiary alicyclic amines) is 1. The first-order chi connectivity index (χ1) is 29.4. The molecule has 3 atom stereocenters. The number of β-amino-alcohol motifs (C(OH)–C–C–N with tert-alkyl or cyclic N) is 1. The number of nitrogens with one attached hydrogen (secondary N) is 3. The zero-order valence-electron chi connectivity index (χ0n) is 35.5. The molecular formula is C46H59N5O9S. The van der Waals surface area contributed by atoms with E-state index in [9.17, 15) is 24.3 Å². The number of aryl methyl sites for hydroxylation is 1. The number of aliphatic hydroxyl groups is 1. The molecule has 0 radical (unpaired) electrons. The van der Waals surface area contributed by atoms with Crippen LogP contribution in [0.4, 0.5) is 0 Å². The maximum Gasteiger partial charge on any atom is 0.246 e. The molecule has 0 aliphatic carbocycles. The summed E-state index contributed by atoms with van der Waals surface area (Å²) in [7, 11) is 0. The molecular weight excluding hydrogens is 799 g/mol. The Bertz CT molecular complexity index is 1990.